The van der Waals surface area contributed by atoms with Crippen molar-refractivity contribution in [3.8, 4) is 17.2 Å². The summed E-state index contributed by atoms with van der Waals surface area (Å²) in [5.41, 5.74) is 1.71. The Hall–Kier alpha value is -3.48. The molecule has 1 aliphatic rings. The van der Waals surface area contributed by atoms with Crippen molar-refractivity contribution in [2.75, 3.05) is 26.9 Å². The van der Waals surface area contributed by atoms with Crippen LogP contribution in [0.2, 0.25) is 0 Å². The van der Waals surface area contributed by atoms with Gasteiger partial charge >= 0.3 is 5.97 Å². The van der Waals surface area contributed by atoms with Crippen LogP contribution in [0.15, 0.2) is 47.1 Å². The molecule has 0 unspecified atom stereocenters. The Balaban J connectivity index is 1.37. The first-order valence-corrected chi connectivity index (χ1v) is 8.76. The van der Waals surface area contributed by atoms with Crippen LogP contribution in [0.3, 0.4) is 0 Å². The summed E-state index contributed by atoms with van der Waals surface area (Å²) < 4.78 is 26.6. The fraction of sp³-hybridized carbons (Fsp3) is 0.238. The summed E-state index contributed by atoms with van der Waals surface area (Å²) in [6, 6.07) is 10.3. The molecule has 0 bridgehead atoms. The maximum Gasteiger partial charge on any atom is 0.310 e. The van der Waals surface area contributed by atoms with Gasteiger partial charge in [0.05, 0.1) is 19.8 Å². The summed E-state index contributed by atoms with van der Waals surface area (Å²) in [5, 5.41) is 0.802. The molecule has 4 rings (SSSR count). The largest absolute Gasteiger partial charge is 0.497 e. The fourth-order valence-electron chi connectivity index (χ4n) is 2.98. The number of carbonyl (C=O) groups excluding carboxylic acids is 2. The van der Waals surface area contributed by atoms with E-state index in [-0.39, 0.29) is 18.8 Å². The Morgan fingerprint density at radius 1 is 1.04 bits per heavy atom. The van der Waals surface area contributed by atoms with Crippen LogP contribution >= 0.6 is 0 Å². The number of hydrogen-bond donors (Lipinski definition) is 0. The monoisotopic (exact) mass is 382 g/mol. The van der Waals surface area contributed by atoms with Crippen LogP contribution in [-0.2, 0) is 16.0 Å². The third-order valence-electron chi connectivity index (χ3n) is 4.43. The van der Waals surface area contributed by atoms with Crippen molar-refractivity contribution in [1.82, 2.24) is 0 Å². The maximum atomic E-state index is 12.3. The molecule has 2 heterocycles. The molecule has 0 radical (unpaired) electrons. The number of benzene rings is 2. The first-order valence-electron chi connectivity index (χ1n) is 8.76. The number of methoxy groups -OCH3 is 1. The van der Waals surface area contributed by atoms with E-state index in [0.29, 0.717) is 47.2 Å². The Bertz CT molecular complexity index is 1030. The van der Waals surface area contributed by atoms with Crippen molar-refractivity contribution in [3.63, 3.8) is 0 Å². The highest BCUT2D eigenvalue weighted by Gasteiger charge is 2.17. The van der Waals surface area contributed by atoms with E-state index in [1.807, 2.05) is 6.07 Å². The summed E-state index contributed by atoms with van der Waals surface area (Å²) in [7, 11) is 1.57. The van der Waals surface area contributed by atoms with E-state index >= 15 is 0 Å². The van der Waals surface area contributed by atoms with Crippen LogP contribution in [-0.4, -0.2) is 38.7 Å². The predicted molar refractivity (Wildman–Crippen MR) is 99.2 cm³/mol. The van der Waals surface area contributed by atoms with Gasteiger partial charge in [-0.05, 0) is 30.3 Å². The minimum Gasteiger partial charge on any atom is -0.497 e. The van der Waals surface area contributed by atoms with Crippen LogP contribution in [0.1, 0.15) is 15.9 Å². The summed E-state index contributed by atoms with van der Waals surface area (Å²) in [6.07, 6.45) is 1.52. The third kappa shape index (κ3) is 3.64. The topological polar surface area (TPSA) is 84.2 Å². The highest BCUT2D eigenvalue weighted by Crippen LogP contribution is 2.31. The molecule has 0 saturated heterocycles. The molecule has 1 aromatic heterocycles. The van der Waals surface area contributed by atoms with Crippen LogP contribution in [0, 0.1) is 0 Å². The van der Waals surface area contributed by atoms with Gasteiger partial charge in [0.2, 0.25) is 0 Å². The normalized spacial score (nSPS) is 12.6. The minimum absolute atomic E-state index is 0.00769. The number of esters is 1. The first-order chi connectivity index (χ1) is 13.6. The number of rotatable bonds is 6. The van der Waals surface area contributed by atoms with Gasteiger partial charge < -0.3 is 23.4 Å². The number of ketones is 1. The summed E-state index contributed by atoms with van der Waals surface area (Å²) in [5.74, 6) is 0.963. The van der Waals surface area contributed by atoms with Crippen molar-refractivity contribution in [2.45, 2.75) is 6.42 Å². The molecule has 1 aliphatic heterocycles. The van der Waals surface area contributed by atoms with Crippen molar-refractivity contribution in [3.05, 3.63) is 53.8 Å². The SMILES string of the molecule is COc1ccc2c(CC(=O)OCC(=O)c3ccc4c(c3)OCCO4)coc2c1. The smallest absolute Gasteiger partial charge is 0.310 e. The zero-order chi connectivity index (χ0) is 19.5. The number of Topliss-reactive ketones (excluding diaryl/α,β-unsaturated/α-hetero) is 1. The first kappa shape index (κ1) is 17.9. The fourth-order valence-corrected chi connectivity index (χ4v) is 2.98. The van der Waals surface area contributed by atoms with Crippen molar-refractivity contribution >= 4 is 22.7 Å². The molecule has 0 fully saturated rings. The lowest BCUT2D eigenvalue weighted by molar-refractivity contribution is -0.141. The van der Waals surface area contributed by atoms with Gasteiger partial charge in [0.1, 0.15) is 24.5 Å². The summed E-state index contributed by atoms with van der Waals surface area (Å²) in [4.78, 5) is 24.5. The van der Waals surface area contributed by atoms with Crippen molar-refractivity contribution in [2.24, 2.45) is 0 Å². The van der Waals surface area contributed by atoms with E-state index in [1.54, 1.807) is 37.4 Å². The average Bonchev–Trinajstić information content (AvgIpc) is 3.13. The van der Waals surface area contributed by atoms with E-state index < -0.39 is 5.97 Å². The minimum atomic E-state index is -0.510. The molecule has 7 heteroatoms. The second kappa shape index (κ2) is 7.64. The molecule has 144 valence electrons. The quantitative estimate of drug-likeness (QED) is 0.478. The van der Waals surface area contributed by atoms with Gasteiger partial charge in [-0.25, -0.2) is 0 Å². The summed E-state index contributed by atoms with van der Waals surface area (Å²) in [6.45, 7) is 0.569. The van der Waals surface area contributed by atoms with Gasteiger partial charge in [0.25, 0.3) is 0 Å². The zero-order valence-corrected chi connectivity index (χ0v) is 15.2. The molecule has 0 amide bonds. The van der Waals surface area contributed by atoms with Gasteiger partial charge in [-0.1, -0.05) is 0 Å². The Morgan fingerprint density at radius 2 is 1.86 bits per heavy atom. The highest BCUT2D eigenvalue weighted by molar-refractivity contribution is 5.98. The number of furan rings is 1. The van der Waals surface area contributed by atoms with E-state index in [0.717, 1.165) is 5.39 Å². The summed E-state index contributed by atoms with van der Waals surface area (Å²) >= 11 is 0. The number of carbonyl (C=O) groups is 2. The third-order valence-corrected chi connectivity index (χ3v) is 4.43. The Morgan fingerprint density at radius 3 is 2.68 bits per heavy atom. The number of ether oxygens (including phenoxy) is 4. The molecular formula is C21H18O7. The maximum absolute atomic E-state index is 12.3. The number of fused-ring (bicyclic) bond motifs is 2. The second-order valence-electron chi connectivity index (χ2n) is 6.24. The molecular weight excluding hydrogens is 364 g/mol. The molecule has 0 aliphatic carbocycles. The molecule has 0 spiro atoms. The molecule has 0 atom stereocenters. The van der Waals surface area contributed by atoms with Gasteiger partial charge in [0, 0.05) is 22.6 Å². The Labute approximate surface area is 160 Å². The molecule has 0 saturated carbocycles. The molecule has 0 N–H and O–H groups in total. The molecule has 7 nitrogen and oxygen atoms in total. The van der Waals surface area contributed by atoms with Crippen LogP contribution < -0.4 is 14.2 Å². The lowest BCUT2D eigenvalue weighted by Crippen LogP contribution is -2.18. The van der Waals surface area contributed by atoms with Crippen LogP contribution in [0.5, 0.6) is 17.2 Å². The van der Waals surface area contributed by atoms with Gasteiger partial charge in [-0.2, -0.15) is 0 Å². The molecule has 3 aromatic rings. The lowest BCUT2D eigenvalue weighted by atomic mass is 10.1. The zero-order valence-electron chi connectivity index (χ0n) is 15.2. The second-order valence-corrected chi connectivity index (χ2v) is 6.24. The van der Waals surface area contributed by atoms with Gasteiger partial charge in [0.15, 0.2) is 23.9 Å². The van der Waals surface area contributed by atoms with E-state index in [4.69, 9.17) is 23.4 Å². The van der Waals surface area contributed by atoms with E-state index in [2.05, 4.69) is 0 Å². The highest BCUT2D eigenvalue weighted by atomic mass is 16.6. The van der Waals surface area contributed by atoms with Crippen LogP contribution in [0.25, 0.3) is 11.0 Å². The van der Waals surface area contributed by atoms with Gasteiger partial charge in [-0.3, -0.25) is 9.59 Å². The standard InChI is InChI=1S/C21H18O7/c1-24-15-3-4-16-14(11-27-19(16)10-15)9-21(23)28-12-17(22)13-2-5-18-20(8-13)26-7-6-25-18/h2-5,8,10-11H,6-7,9,12H2,1H3. The lowest BCUT2D eigenvalue weighted by Gasteiger charge is -2.18. The van der Waals surface area contributed by atoms with E-state index in [1.165, 1.54) is 6.26 Å². The van der Waals surface area contributed by atoms with Crippen molar-refractivity contribution < 1.29 is 33.0 Å². The average molecular weight is 382 g/mol. The van der Waals surface area contributed by atoms with Crippen molar-refractivity contribution in [1.29, 1.82) is 0 Å². The van der Waals surface area contributed by atoms with E-state index in [9.17, 15) is 9.59 Å². The number of hydrogen-bond acceptors (Lipinski definition) is 7. The molecule has 2 aromatic carbocycles. The van der Waals surface area contributed by atoms with Gasteiger partial charge in [-0.15, -0.1) is 0 Å². The predicted octanol–water partition coefficient (Wildman–Crippen LogP) is 3.18. The van der Waals surface area contributed by atoms with Crippen LogP contribution in [0.4, 0.5) is 0 Å². The molecule has 28 heavy (non-hydrogen) atoms. The Kier molecular flexibility index (Phi) is 4.89.